The molecule has 1 saturated heterocycles. The van der Waals surface area contributed by atoms with Gasteiger partial charge < -0.3 is 15.0 Å². The Morgan fingerprint density at radius 2 is 2.15 bits per heavy atom. The topological polar surface area (TPSA) is 71.5 Å². The molecular formula is C14H19N3O3. The monoisotopic (exact) mass is 277 g/mol. The van der Waals surface area contributed by atoms with Crippen molar-refractivity contribution in [3.8, 4) is 0 Å². The van der Waals surface area contributed by atoms with E-state index in [0.29, 0.717) is 18.7 Å². The van der Waals surface area contributed by atoms with E-state index in [1.54, 1.807) is 12.3 Å². The second-order valence-corrected chi connectivity index (χ2v) is 5.84. The molecule has 0 radical (unpaired) electrons. The molecule has 6 nitrogen and oxygen atoms in total. The van der Waals surface area contributed by atoms with Gasteiger partial charge in [-0.1, -0.05) is 0 Å². The molecule has 0 atom stereocenters. The first-order valence-corrected chi connectivity index (χ1v) is 6.52. The molecule has 0 aliphatic carbocycles. The van der Waals surface area contributed by atoms with Crippen LogP contribution in [0.4, 0.5) is 10.5 Å². The first-order chi connectivity index (χ1) is 9.37. The molecule has 1 amide bonds. The molecule has 108 valence electrons. The summed E-state index contributed by atoms with van der Waals surface area (Å²) in [5.74, 6) is 0. The van der Waals surface area contributed by atoms with E-state index < -0.39 is 11.7 Å². The van der Waals surface area contributed by atoms with Crippen LogP contribution in [0, 0.1) is 0 Å². The maximum Gasteiger partial charge on any atom is 0.407 e. The Balaban J connectivity index is 1.82. The minimum Gasteiger partial charge on any atom is -0.444 e. The molecule has 1 N–H and O–H groups in total. The van der Waals surface area contributed by atoms with Gasteiger partial charge in [0.15, 0.2) is 6.29 Å². The number of anilines is 1. The highest BCUT2D eigenvalue weighted by Crippen LogP contribution is 2.20. The highest BCUT2D eigenvalue weighted by molar-refractivity contribution is 5.76. The largest absolute Gasteiger partial charge is 0.444 e. The first-order valence-electron chi connectivity index (χ1n) is 6.52. The second kappa shape index (κ2) is 5.48. The Kier molecular flexibility index (Phi) is 3.92. The fourth-order valence-corrected chi connectivity index (χ4v) is 1.94. The number of hydrogen-bond donors (Lipinski definition) is 1. The number of hydrogen-bond acceptors (Lipinski definition) is 5. The Hall–Kier alpha value is -2.11. The lowest BCUT2D eigenvalue weighted by atomic mass is 10.1. The first kappa shape index (κ1) is 14.3. The lowest BCUT2D eigenvalue weighted by molar-refractivity contribution is 0.0496. The van der Waals surface area contributed by atoms with E-state index in [1.807, 2.05) is 25.7 Å². The van der Waals surface area contributed by atoms with Crippen molar-refractivity contribution in [3.05, 3.63) is 24.0 Å². The molecule has 0 aromatic carbocycles. The summed E-state index contributed by atoms with van der Waals surface area (Å²) in [5, 5.41) is 2.81. The summed E-state index contributed by atoms with van der Waals surface area (Å²) in [7, 11) is 0. The van der Waals surface area contributed by atoms with Crippen molar-refractivity contribution in [1.82, 2.24) is 10.3 Å². The minimum atomic E-state index is -0.490. The van der Waals surface area contributed by atoms with Gasteiger partial charge >= 0.3 is 6.09 Å². The van der Waals surface area contributed by atoms with Crippen molar-refractivity contribution in [1.29, 1.82) is 0 Å². The molecule has 0 spiro atoms. The number of aromatic nitrogens is 1. The molecule has 2 rings (SSSR count). The van der Waals surface area contributed by atoms with Crippen molar-refractivity contribution < 1.29 is 14.3 Å². The van der Waals surface area contributed by atoms with Gasteiger partial charge in [0.2, 0.25) is 0 Å². The zero-order chi connectivity index (χ0) is 14.8. The molecule has 6 heteroatoms. The van der Waals surface area contributed by atoms with Crippen LogP contribution in [0.1, 0.15) is 31.1 Å². The fraction of sp³-hybridized carbons (Fsp3) is 0.500. The van der Waals surface area contributed by atoms with Crippen LogP contribution in [0.2, 0.25) is 0 Å². The Labute approximate surface area is 118 Å². The van der Waals surface area contributed by atoms with Crippen molar-refractivity contribution in [3.63, 3.8) is 0 Å². The van der Waals surface area contributed by atoms with Crippen molar-refractivity contribution >= 4 is 18.1 Å². The molecule has 20 heavy (non-hydrogen) atoms. The summed E-state index contributed by atoms with van der Waals surface area (Å²) in [4.78, 5) is 28.3. The summed E-state index contributed by atoms with van der Waals surface area (Å²) < 4.78 is 5.19. The standard InChI is InChI=1S/C14H19N3O3/c1-14(2,3)20-13(19)16-11-7-17(8-11)12-4-10(9-18)5-15-6-12/h4-6,9,11H,7-8H2,1-3H3,(H,16,19). The Bertz CT molecular complexity index is 505. The van der Waals surface area contributed by atoms with Crippen LogP contribution in [-0.4, -0.2) is 42.1 Å². The minimum absolute atomic E-state index is 0.0599. The van der Waals surface area contributed by atoms with Gasteiger partial charge in [0.25, 0.3) is 0 Å². The van der Waals surface area contributed by atoms with Crippen LogP contribution in [0.15, 0.2) is 18.5 Å². The number of carbonyl (C=O) groups excluding carboxylic acids is 2. The maximum absolute atomic E-state index is 11.6. The van der Waals surface area contributed by atoms with E-state index in [4.69, 9.17) is 4.74 Å². The predicted molar refractivity (Wildman–Crippen MR) is 75.0 cm³/mol. The highest BCUT2D eigenvalue weighted by atomic mass is 16.6. The average molecular weight is 277 g/mol. The number of rotatable bonds is 3. The normalized spacial score (nSPS) is 15.4. The van der Waals surface area contributed by atoms with E-state index in [9.17, 15) is 9.59 Å². The molecule has 1 aliphatic heterocycles. The number of pyridine rings is 1. The van der Waals surface area contributed by atoms with Gasteiger partial charge in [-0.2, -0.15) is 0 Å². The SMILES string of the molecule is CC(C)(C)OC(=O)NC1CN(c2cncc(C=O)c2)C1. The smallest absolute Gasteiger partial charge is 0.407 e. The lowest BCUT2D eigenvalue weighted by Gasteiger charge is -2.41. The Morgan fingerprint density at radius 1 is 1.45 bits per heavy atom. The van der Waals surface area contributed by atoms with Gasteiger partial charge in [0.1, 0.15) is 5.60 Å². The quantitative estimate of drug-likeness (QED) is 0.850. The second-order valence-electron chi connectivity index (χ2n) is 5.84. The summed E-state index contributed by atoms with van der Waals surface area (Å²) in [5.41, 5.74) is 0.943. The van der Waals surface area contributed by atoms with E-state index in [2.05, 4.69) is 10.3 Å². The third-order valence-electron chi connectivity index (χ3n) is 2.85. The van der Waals surface area contributed by atoms with Crippen molar-refractivity contribution in [2.75, 3.05) is 18.0 Å². The predicted octanol–water partition coefficient (Wildman–Crippen LogP) is 1.61. The van der Waals surface area contributed by atoms with Gasteiger partial charge in [-0.15, -0.1) is 0 Å². The summed E-state index contributed by atoms with van der Waals surface area (Å²) in [6, 6.07) is 1.84. The van der Waals surface area contributed by atoms with Gasteiger partial charge in [-0.05, 0) is 26.8 Å². The number of ether oxygens (including phenoxy) is 1. The van der Waals surface area contributed by atoms with E-state index in [1.165, 1.54) is 6.20 Å². The zero-order valence-electron chi connectivity index (χ0n) is 11.9. The molecule has 2 heterocycles. The highest BCUT2D eigenvalue weighted by Gasteiger charge is 2.30. The Morgan fingerprint density at radius 3 is 2.75 bits per heavy atom. The van der Waals surface area contributed by atoms with Crippen LogP contribution < -0.4 is 10.2 Å². The zero-order valence-corrected chi connectivity index (χ0v) is 11.9. The van der Waals surface area contributed by atoms with E-state index in [0.717, 1.165) is 12.0 Å². The molecule has 1 aromatic rings. The van der Waals surface area contributed by atoms with Crippen LogP contribution in [0.3, 0.4) is 0 Å². The molecule has 1 fully saturated rings. The number of aldehydes is 1. The van der Waals surface area contributed by atoms with Crippen LogP contribution in [0.25, 0.3) is 0 Å². The number of nitrogens with zero attached hydrogens (tertiary/aromatic N) is 2. The van der Waals surface area contributed by atoms with Gasteiger partial charge in [-0.25, -0.2) is 4.79 Å². The molecule has 0 unspecified atom stereocenters. The van der Waals surface area contributed by atoms with Crippen molar-refractivity contribution in [2.24, 2.45) is 0 Å². The third kappa shape index (κ3) is 3.69. The molecular weight excluding hydrogens is 258 g/mol. The molecule has 0 bridgehead atoms. The summed E-state index contributed by atoms with van der Waals surface area (Å²) in [6.07, 6.45) is 3.60. The lowest BCUT2D eigenvalue weighted by Crippen LogP contribution is -2.60. The number of carbonyl (C=O) groups is 2. The molecule has 1 aromatic heterocycles. The van der Waals surface area contributed by atoms with Crippen LogP contribution in [-0.2, 0) is 4.74 Å². The van der Waals surface area contributed by atoms with E-state index >= 15 is 0 Å². The molecule has 0 saturated carbocycles. The van der Waals surface area contributed by atoms with Gasteiger partial charge in [0, 0.05) is 24.8 Å². The third-order valence-corrected chi connectivity index (χ3v) is 2.85. The number of amides is 1. The van der Waals surface area contributed by atoms with Gasteiger partial charge in [-0.3, -0.25) is 9.78 Å². The molecule has 1 aliphatic rings. The summed E-state index contributed by atoms with van der Waals surface area (Å²) >= 11 is 0. The van der Waals surface area contributed by atoms with Crippen LogP contribution >= 0.6 is 0 Å². The number of alkyl carbamates (subject to hydrolysis) is 1. The van der Waals surface area contributed by atoms with Crippen molar-refractivity contribution in [2.45, 2.75) is 32.4 Å². The van der Waals surface area contributed by atoms with Gasteiger partial charge in [0.05, 0.1) is 17.9 Å². The average Bonchev–Trinajstić information content (AvgIpc) is 2.31. The maximum atomic E-state index is 11.6. The summed E-state index contributed by atoms with van der Waals surface area (Å²) in [6.45, 7) is 6.86. The number of nitrogens with one attached hydrogen (secondary N) is 1. The fourth-order valence-electron chi connectivity index (χ4n) is 1.94. The van der Waals surface area contributed by atoms with E-state index in [-0.39, 0.29) is 6.04 Å². The van der Waals surface area contributed by atoms with Crippen LogP contribution in [0.5, 0.6) is 0 Å².